The summed E-state index contributed by atoms with van der Waals surface area (Å²) in [5.41, 5.74) is 1.97. The molecule has 0 saturated heterocycles. The maximum Gasteiger partial charge on any atom is 0.275 e. The Morgan fingerprint density at radius 3 is 2.58 bits per heavy atom. The van der Waals surface area contributed by atoms with Gasteiger partial charge in [0.15, 0.2) is 0 Å². The molecule has 0 amide bonds. The number of methoxy groups -OCH3 is 1. The Balaban J connectivity index is 1.67. The Morgan fingerprint density at radius 2 is 1.84 bits per heavy atom. The first-order valence-electron chi connectivity index (χ1n) is 10.7. The molecule has 1 aliphatic rings. The van der Waals surface area contributed by atoms with Crippen LogP contribution in [0.1, 0.15) is 42.9 Å². The van der Waals surface area contributed by atoms with E-state index in [2.05, 4.69) is 16.1 Å². The van der Waals surface area contributed by atoms with E-state index in [0.717, 1.165) is 46.5 Å². The van der Waals surface area contributed by atoms with Crippen LogP contribution in [0.5, 0.6) is 5.88 Å². The molecule has 5 rings (SSSR count). The van der Waals surface area contributed by atoms with E-state index in [1.54, 1.807) is 19.5 Å². The number of hydrogen-bond acceptors (Lipinski definition) is 5. The minimum absolute atomic E-state index is 0.136. The molecule has 2 aromatic carbocycles. The van der Waals surface area contributed by atoms with Crippen molar-refractivity contribution < 1.29 is 9.84 Å². The topological polar surface area (TPSA) is 77.2 Å². The normalized spacial score (nSPS) is 19.0. The lowest BCUT2D eigenvalue weighted by Gasteiger charge is -2.28. The molecule has 0 unspecified atom stereocenters. The largest absolute Gasteiger partial charge is 0.481 e. The van der Waals surface area contributed by atoms with Crippen molar-refractivity contribution in [3.8, 4) is 5.88 Å². The van der Waals surface area contributed by atoms with Gasteiger partial charge in [-0.1, -0.05) is 43.2 Å². The third-order valence-electron chi connectivity index (χ3n) is 6.33. The van der Waals surface area contributed by atoms with Crippen LogP contribution in [0.15, 0.2) is 59.7 Å². The summed E-state index contributed by atoms with van der Waals surface area (Å²) in [5.74, 6) is 0.576. The van der Waals surface area contributed by atoms with Crippen LogP contribution in [-0.2, 0) is 6.42 Å². The number of nitrogens with zero attached hydrogens (tertiary/aromatic N) is 3. The Hall–Kier alpha value is -3.25. The molecule has 6 heteroatoms. The van der Waals surface area contributed by atoms with Crippen LogP contribution in [0.3, 0.4) is 0 Å². The fourth-order valence-electron chi connectivity index (χ4n) is 4.70. The molecule has 2 atom stereocenters. The molecule has 1 aliphatic carbocycles. The maximum atomic E-state index is 13.5. The van der Waals surface area contributed by atoms with Crippen LogP contribution in [0, 0.1) is 0 Å². The molecule has 0 spiro atoms. The van der Waals surface area contributed by atoms with Crippen LogP contribution in [-0.4, -0.2) is 33.1 Å². The van der Waals surface area contributed by atoms with Crippen molar-refractivity contribution in [3.05, 3.63) is 76.3 Å². The fraction of sp³-hybridized carbons (Fsp3) is 0.320. The first-order chi connectivity index (χ1) is 15.2. The van der Waals surface area contributed by atoms with Crippen molar-refractivity contribution in [1.29, 1.82) is 0 Å². The van der Waals surface area contributed by atoms with Gasteiger partial charge < -0.3 is 9.84 Å². The first kappa shape index (κ1) is 19.7. The third kappa shape index (κ3) is 3.57. The van der Waals surface area contributed by atoms with Crippen molar-refractivity contribution >= 4 is 21.5 Å². The monoisotopic (exact) mass is 415 g/mol. The first-order valence-corrected chi connectivity index (χ1v) is 10.7. The molecule has 1 N–H and O–H groups in total. The van der Waals surface area contributed by atoms with Crippen LogP contribution in [0.4, 0.5) is 0 Å². The highest BCUT2D eigenvalue weighted by atomic mass is 16.5. The van der Waals surface area contributed by atoms with E-state index in [0.29, 0.717) is 24.1 Å². The number of ether oxygens (including phenoxy) is 1. The van der Waals surface area contributed by atoms with Crippen molar-refractivity contribution in [2.24, 2.45) is 0 Å². The van der Waals surface area contributed by atoms with Gasteiger partial charge in [0.05, 0.1) is 30.8 Å². The third-order valence-corrected chi connectivity index (χ3v) is 6.33. The molecule has 158 valence electrons. The van der Waals surface area contributed by atoms with Crippen LogP contribution >= 0.6 is 0 Å². The predicted molar refractivity (Wildman–Crippen MR) is 121 cm³/mol. The zero-order valence-corrected chi connectivity index (χ0v) is 17.5. The average molecular weight is 415 g/mol. The van der Waals surface area contributed by atoms with Crippen LogP contribution < -0.4 is 10.3 Å². The second-order valence-corrected chi connectivity index (χ2v) is 8.24. The summed E-state index contributed by atoms with van der Waals surface area (Å²) in [7, 11) is 1.60. The SMILES string of the molecule is COc1ccc(Cc2cc3c(=O)n([C@H]4CCCC[C@@H]4O)ncc3c3ccccc23)cn1. The van der Waals surface area contributed by atoms with Gasteiger partial charge in [0.25, 0.3) is 5.56 Å². The van der Waals surface area contributed by atoms with Crippen molar-refractivity contribution in [3.63, 3.8) is 0 Å². The summed E-state index contributed by atoms with van der Waals surface area (Å²) in [4.78, 5) is 17.8. The second-order valence-electron chi connectivity index (χ2n) is 8.24. The molecular formula is C25H25N3O3. The minimum atomic E-state index is -0.526. The van der Waals surface area contributed by atoms with E-state index >= 15 is 0 Å². The zero-order valence-electron chi connectivity index (χ0n) is 17.5. The van der Waals surface area contributed by atoms with Gasteiger partial charge in [0, 0.05) is 17.6 Å². The zero-order chi connectivity index (χ0) is 21.4. The lowest BCUT2D eigenvalue weighted by molar-refractivity contribution is 0.0672. The van der Waals surface area contributed by atoms with Gasteiger partial charge in [0.1, 0.15) is 0 Å². The molecule has 31 heavy (non-hydrogen) atoms. The predicted octanol–water partition coefficient (Wildman–Crippen LogP) is 4.02. The van der Waals surface area contributed by atoms with Crippen molar-refractivity contribution in [1.82, 2.24) is 14.8 Å². The quantitative estimate of drug-likeness (QED) is 0.510. The number of aromatic nitrogens is 3. The maximum absolute atomic E-state index is 13.5. The molecule has 6 nitrogen and oxygen atoms in total. The summed E-state index contributed by atoms with van der Waals surface area (Å²) >= 11 is 0. The van der Waals surface area contributed by atoms with E-state index < -0.39 is 6.10 Å². The van der Waals surface area contributed by atoms with Gasteiger partial charge >= 0.3 is 0 Å². The number of aliphatic hydroxyl groups is 1. The van der Waals surface area contributed by atoms with E-state index in [1.165, 1.54) is 4.68 Å². The molecule has 1 fully saturated rings. The summed E-state index contributed by atoms with van der Waals surface area (Å²) < 4.78 is 6.66. The van der Waals surface area contributed by atoms with Gasteiger partial charge in [-0.3, -0.25) is 4.79 Å². The number of fused-ring (bicyclic) bond motifs is 3. The average Bonchev–Trinajstić information content (AvgIpc) is 2.81. The van der Waals surface area contributed by atoms with Crippen LogP contribution in [0.25, 0.3) is 21.5 Å². The molecule has 2 heterocycles. The van der Waals surface area contributed by atoms with E-state index in [4.69, 9.17) is 4.74 Å². The standard InChI is InChI=1S/C25H25N3O3/c1-31-24-11-10-16(14-26-24)12-17-13-20-21(19-7-3-2-6-18(17)19)15-27-28(25(20)30)22-8-4-5-9-23(22)29/h2-3,6-7,10-11,13-15,22-23,29H,4-5,8-9,12H2,1H3/t22-,23-/m0/s1. The molecule has 4 aromatic rings. The minimum Gasteiger partial charge on any atom is -0.481 e. The number of pyridine rings is 1. The lowest BCUT2D eigenvalue weighted by Crippen LogP contribution is -2.36. The highest BCUT2D eigenvalue weighted by Gasteiger charge is 2.27. The second kappa shape index (κ2) is 8.12. The highest BCUT2D eigenvalue weighted by molar-refractivity contribution is 6.08. The summed E-state index contributed by atoms with van der Waals surface area (Å²) in [6, 6.07) is 13.7. The van der Waals surface area contributed by atoms with Crippen molar-refractivity contribution in [2.75, 3.05) is 7.11 Å². The molecule has 2 aromatic heterocycles. The lowest BCUT2D eigenvalue weighted by atomic mass is 9.92. The highest BCUT2D eigenvalue weighted by Crippen LogP contribution is 2.31. The van der Waals surface area contributed by atoms with Crippen LogP contribution in [0.2, 0.25) is 0 Å². The summed E-state index contributed by atoms with van der Waals surface area (Å²) in [6.45, 7) is 0. The smallest absolute Gasteiger partial charge is 0.275 e. The van der Waals surface area contributed by atoms with E-state index in [-0.39, 0.29) is 11.6 Å². The number of rotatable bonds is 4. The van der Waals surface area contributed by atoms with Gasteiger partial charge in [-0.05, 0) is 47.2 Å². The summed E-state index contributed by atoms with van der Waals surface area (Å²) in [6.07, 6.45) is 7.19. The molecule has 0 aliphatic heterocycles. The van der Waals surface area contributed by atoms with Gasteiger partial charge in [-0.15, -0.1) is 0 Å². The Kier molecular flexibility index (Phi) is 5.16. The summed E-state index contributed by atoms with van der Waals surface area (Å²) in [5, 5.41) is 18.5. The number of aliphatic hydroxyl groups excluding tert-OH is 1. The number of hydrogen-bond donors (Lipinski definition) is 1. The van der Waals surface area contributed by atoms with Gasteiger partial charge in [0.2, 0.25) is 5.88 Å². The Bertz CT molecular complexity index is 1300. The molecule has 0 radical (unpaired) electrons. The van der Waals surface area contributed by atoms with Gasteiger partial charge in [-0.25, -0.2) is 9.67 Å². The Labute approximate surface area is 180 Å². The fourth-order valence-corrected chi connectivity index (χ4v) is 4.70. The van der Waals surface area contributed by atoms with E-state index in [1.807, 2.05) is 36.4 Å². The van der Waals surface area contributed by atoms with Gasteiger partial charge in [-0.2, -0.15) is 5.10 Å². The van der Waals surface area contributed by atoms with E-state index in [9.17, 15) is 9.90 Å². The van der Waals surface area contributed by atoms with Crippen molar-refractivity contribution in [2.45, 2.75) is 44.2 Å². The Morgan fingerprint density at radius 1 is 1.03 bits per heavy atom. The molecule has 0 bridgehead atoms. The molecule has 1 saturated carbocycles. The molecular weight excluding hydrogens is 390 g/mol. The number of benzene rings is 2.